The molecule has 17 heavy (non-hydrogen) atoms. The number of nitrogens with one attached hydrogen (secondary N) is 2. The third kappa shape index (κ3) is 3.91. The van der Waals surface area contributed by atoms with Crippen LogP contribution in [0, 0.1) is 0 Å². The molecule has 1 aromatic carbocycles. The second kappa shape index (κ2) is 5.89. The molecule has 5 heteroatoms. The average molecular weight is 255 g/mol. The van der Waals surface area contributed by atoms with Crippen molar-refractivity contribution in [3.63, 3.8) is 0 Å². The van der Waals surface area contributed by atoms with Gasteiger partial charge in [0.25, 0.3) is 5.91 Å². The largest absolute Gasteiger partial charge is 0.484 e. The Bertz CT molecular complexity index is 375. The Morgan fingerprint density at radius 2 is 2.24 bits per heavy atom. The van der Waals surface area contributed by atoms with E-state index in [4.69, 9.17) is 16.3 Å². The highest BCUT2D eigenvalue weighted by molar-refractivity contribution is 6.30. The van der Waals surface area contributed by atoms with Crippen LogP contribution in [0.2, 0.25) is 5.02 Å². The van der Waals surface area contributed by atoms with Gasteiger partial charge in [0.2, 0.25) is 0 Å². The van der Waals surface area contributed by atoms with E-state index in [1.165, 1.54) is 0 Å². The van der Waals surface area contributed by atoms with Gasteiger partial charge in [0, 0.05) is 17.6 Å². The summed E-state index contributed by atoms with van der Waals surface area (Å²) in [7, 11) is 0. The summed E-state index contributed by atoms with van der Waals surface area (Å²) in [5.74, 6) is 0.558. The molecule has 2 rings (SSSR count). The first kappa shape index (κ1) is 12.2. The van der Waals surface area contributed by atoms with Gasteiger partial charge in [-0.1, -0.05) is 11.6 Å². The van der Waals surface area contributed by atoms with E-state index in [1.54, 1.807) is 24.3 Å². The molecule has 92 valence electrons. The summed E-state index contributed by atoms with van der Waals surface area (Å²) in [6.45, 7) is 1.84. The van der Waals surface area contributed by atoms with Crippen LogP contribution in [-0.2, 0) is 4.79 Å². The Hall–Kier alpha value is -1.26. The number of hydrogen-bond donors (Lipinski definition) is 2. The number of halogens is 1. The van der Waals surface area contributed by atoms with Crippen molar-refractivity contribution in [2.45, 2.75) is 12.5 Å². The third-order valence-electron chi connectivity index (χ3n) is 2.61. The van der Waals surface area contributed by atoms with Crippen LogP contribution < -0.4 is 15.4 Å². The molecule has 0 saturated carbocycles. The molecule has 2 N–H and O–H groups in total. The van der Waals surface area contributed by atoms with Crippen molar-refractivity contribution in [1.29, 1.82) is 0 Å². The summed E-state index contributed by atoms with van der Waals surface area (Å²) in [4.78, 5) is 11.5. The van der Waals surface area contributed by atoms with Gasteiger partial charge in [-0.05, 0) is 37.2 Å². The predicted molar refractivity (Wildman–Crippen MR) is 66.4 cm³/mol. The fourth-order valence-corrected chi connectivity index (χ4v) is 1.85. The van der Waals surface area contributed by atoms with E-state index < -0.39 is 0 Å². The summed E-state index contributed by atoms with van der Waals surface area (Å²) >= 11 is 5.75. The molecule has 1 saturated heterocycles. The van der Waals surface area contributed by atoms with Gasteiger partial charge in [-0.25, -0.2) is 0 Å². The molecule has 4 nitrogen and oxygen atoms in total. The summed E-state index contributed by atoms with van der Waals surface area (Å²) in [6.07, 6.45) is 0.979. The number of amides is 1. The molecule has 0 aliphatic carbocycles. The summed E-state index contributed by atoms with van der Waals surface area (Å²) < 4.78 is 5.34. The quantitative estimate of drug-likeness (QED) is 0.849. The lowest BCUT2D eigenvalue weighted by Gasteiger charge is -2.11. The van der Waals surface area contributed by atoms with Gasteiger partial charge in [0.05, 0.1) is 0 Å². The van der Waals surface area contributed by atoms with Crippen LogP contribution in [0.3, 0.4) is 0 Å². The number of benzene rings is 1. The topological polar surface area (TPSA) is 50.4 Å². The third-order valence-corrected chi connectivity index (χ3v) is 2.86. The molecule has 1 aliphatic rings. The van der Waals surface area contributed by atoms with E-state index in [0.717, 1.165) is 19.5 Å². The Morgan fingerprint density at radius 3 is 2.88 bits per heavy atom. The van der Waals surface area contributed by atoms with Gasteiger partial charge < -0.3 is 15.4 Å². The minimum Gasteiger partial charge on any atom is -0.484 e. The maximum Gasteiger partial charge on any atom is 0.258 e. The van der Waals surface area contributed by atoms with E-state index in [0.29, 0.717) is 10.8 Å². The normalized spacial score (nSPS) is 19.0. The van der Waals surface area contributed by atoms with Crippen molar-refractivity contribution in [3.8, 4) is 5.75 Å². The molecule has 1 atom stereocenters. The van der Waals surface area contributed by atoms with Crippen LogP contribution in [0.5, 0.6) is 5.75 Å². The maximum atomic E-state index is 11.5. The van der Waals surface area contributed by atoms with Crippen molar-refractivity contribution in [3.05, 3.63) is 29.3 Å². The van der Waals surface area contributed by atoms with Crippen LogP contribution >= 0.6 is 11.6 Å². The highest BCUT2D eigenvalue weighted by Gasteiger charge is 2.16. The molecular formula is C12H15ClN2O2. The molecule has 0 spiro atoms. The number of rotatable bonds is 4. The average Bonchev–Trinajstić information content (AvgIpc) is 2.81. The van der Waals surface area contributed by atoms with Crippen LogP contribution in [0.1, 0.15) is 6.42 Å². The zero-order valence-corrected chi connectivity index (χ0v) is 10.2. The number of hydrogen-bond acceptors (Lipinski definition) is 3. The minimum atomic E-state index is -0.0892. The van der Waals surface area contributed by atoms with E-state index in [2.05, 4.69) is 10.6 Å². The Morgan fingerprint density at radius 1 is 1.47 bits per heavy atom. The van der Waals surface area contributed by atoms with E-state index >= 15 is 0 Å². The lowest BCUT2D eigenvalue weighted by molar-refractivity contribution is -0.123. The molecule has 1 heterocycles. The fraction of sp³-hybridized carbons (Fsp3) is 0.417. The molecule has 1 aromatic rings. The second-order valence-electron chi connectivity index (χ2n) is 4.00. The Balaban J connectivity index is 1.73. The molecule has 1 fully saturated rings. The van der Waals surface area contributed by atoms with E-state index in [9.17, 15) is 4.79 Å². The molecule has 0 bridgehead atoms. The van der Waals surface area contributed by atoms with Crippen molar-refractivity contribution in [1.82, 2.24) is 10.6 Å². The van der Waals surface area contributed by atoms with Crippen molar-refractivity contribution in [2.24, 2.45) is 0 Å². The summed E-state index contributed by atoms with van der Waals surface area (Å²) in [5.41, 5.74) is 0. The molecule has 0 radical (unpaired) electrons. The van der Waals surface area contributed by atoms with E-state index in [1.807, 2.05) is 0 Å². The first-order chi connectivity index (χ1) is 8.24. The highest BCUT2D eigenvalue weighted by atomic mass is 35.5. The van der Waals surface area contributed by atoms with Gasteiger partial charge in [-0.2, -0.15) is 0 Å². The zero-order chi connectivity index (χ0) is 12.1. The smallest absolute Gasteiger partial charge is 0.258 e. The standard InChI is InChI=1S/C12H15ClN2O2/c13-9-1-3-11(4-2-9)17-8-12(16)15-10-5-6-14-7-10/h1-4,10,14H,5-8H2,(H,15,16)/t10-/m1/s1. The van der Waals surface area contributed by atoms with E-state index in [-0.39, 0.29) is 18.6 Å². The van der Waals surface area contributed by atoms with Gasteiger partial charge >= 0.3 is 0 Å². The number of carbonyl (C=O) groups excluding carboxylic acids is 1. The minimum absolute atomic E-state index is 0.0398. The lowest BCUT2D eigenvalue weighted by Crippen LogP contribution is -2.39. The Kier molecular flexibility index (Phi) is 4.23. The van der Waals surface area contributed by atoms with Crippen molar-refractivity contribution in [2.75, 3.05) is 19.7 Å². The number of ether oxygens (including phenoxy) is 1. The highest BCUT2D eigenvalue weighted by Crippen LogP contribution is 2.15. The Labute approximate surface area is 105 Å². The van der Waals surface area contributed by atoms with Crippen LogP contribution in [0.15, 0.2) is 24.3 Å². The van der Waals surface area contributed by atoms with Gasteiger partial charge in [-0.15, -0.1) is 0 Å². The predicted octanol–water partition coefficient (Wildman–Crippen LogP) is 1.20. The van der Waals surface area contributed by atoms with Gasteiger partial charge in [0.15, 0.2) is 6.61 Å². The fourth-order valence-electron chi connectivity index (χ4n) is 1.73. The van der Waals surface area contributed by atoms with Gasteiger partial charge in [0.1, 0.15) is 5.75 Å². The summed E-state index contributed by atoms with van der Waals surface area (Å²) in [5, 5.41) is 6.75. The molecule has 0 unspecified atom stereocenters. The van der Waals surface area contributed by atoms with Crippen LogP contribution in [0.4, 0.5) is 0 Å². The number of carbonyl (C=O) groups is 1. The lowest BCUT2D eigenvalue weighted by atomic mass is 10.2. The molecule has 1 amide bonds. The second-order valence-corrected chi connectivity index (χ2v) is 4.44. The SMILES string of the molecule is O=C(COc1ccc(Cl)cc1)N[C@@H]1CCNC1. The zero-order valence-electron chi connectivity index (χ0n) is 9.41. The van der Waals surface area contributed by atoms with Crippen molar-refractivity contribution >= 4 is 17.5 Å². The maximum absolute atomic E-state index is 11.5. The monoisotopic (exact) mass is 254 g/mol. The molecule has 0 aromatic heterocycles. The van der Waals surface area contributed by atoms with Crippen molar-refractivity contribution < 1.29 is 9.53 Å². The van der Waals surface area contributed by atoms with Crippen LogP contribution in [-0.4, -0.2) is 31.6 Å². The first-order valence-electron chi connectivity index (χ1n) is 5.62. The molecule has 1 aliphatic heterocycles. The first-order valence-corrected chi connectivity index (χ1v) is 6.00. The van der Waals surface area contributed by atoms with Crippen LogP contribution in [0.25, 0.3) is 0 Å². The molecular weight excluding hydrogens is 240 g/mol. The summed E-state index contributed by atoms with van der Waals surface area (Å²) in [6, 6.07) is 7.18. The van der Waals surface area contributed by atoms with Gasteiger partial charge in [-0.3, -0.25) is 4.79 Å².